The lowest BCUT2D eigenvalue weighted by atomic mass is 10.1. The molecule has 0 radical (unpaired) electrons. The fraction of sp³-hybridized carbons (Fsp3) is 0.214. The molecule has 4 heteroatoms. The van der Waals surface area contributed by atoms with Crippen LogP contribution in [0.3, 0.4) is 0 Å². The number of aromatic nitrogens is 1. The van der Waals surface area contributed by atoms with Crippen molar-refractivity contribution in [1.82, 2.24) is 10.3 Å². The summed E-state index contributed by atoms with van der Waals surface area (Å²) in [6, 6.07) is 5.77. The number of H-pyrrole nitrogens is 1. The zero-order valence-corrected chi connectivity index (χ0v) is 10.2. The third kappa shape index (κ3) is 2.60. The van der Waals surface area contributed by atoms with Crippen LogP contribution < -0.4 is 5.32 Å². The first-order chi connectivity index (χ1) is 8.72. The molecule has 1 heterocycles. The van der Waals surface area contributed by atoms with E-state index in [4.69, 9.17) is 5.11 Å². The van der Waals surface area contributed by atoms with Gasteiger partial charge in [-0.2, -0.15) is 0 Å². The molecule has 1 aromatic carbocycles. The van der Waals surface area contributed by atoms with Crippen molar-refractivity contribution in [3.8, 4) is 0 Å². The summed E-state index contributed by atoms with van der Waals surface area (Å²) in [6.07, 6.45) is 6.56. The van der Waals surface area contributed by atoms with Gasteiger partial charge in [0.25, 0.3) is 0 Å². The molecule has 0 saturated heterocycles. The number of fused-ring (bicyclic) bond motifs is 1. The van der Waals surface area contributed by atoms with Crippen molar-refractivity contribution in [2.45, 2.75) is 6.42 Å². The summed E-state index contributed by atoms with van der Waals surface area (Å²) in [5.41, 5.74) is 2.18. The fourth-order valence-electron chi connectivity index (χ4n) is 1.87. The molecular weight excluding hydrogens is 228 g/mol. The number of aromatic amines is 1. The second-order valence-electron chi connectivity index (χ2n) is 4.11. The molecule has 18 heavy (non-hydrogen) atoms. The molecule has 0 unspecified atom stereocenters. The number of nitrogens with one attached hydrogen (secondary N) is 2. The monoisotopic (exact) mass is 244 g/mol. The number of carboxylic acids is 1. The van der Waals surface area contributed by atoms with Crippen LogP contribution >= 0.6 is 0 Å². The highest BCUT2D eigenvalue weighted by Gasteiger charge is 2.09. The van der Waals surface area contributed by atoms with Crippen LogP contribution in [0.15, 0.2) is 30.5 Å². The summed E-state index contributed by atoms with van der Waals surface area (Å²) < 4.78 is 0. The lowest BCUT2D eigenvalue weighted by Crippen LogP contribution is -2.05. The van der Waals surface area contributed by atoms with Gasteiger partial charge in [-0.05, 0) is 37.7 Å². The molecule has 2 rings (SSSR count). The molecule has 0 bridgehead atoms. The highest BCUT2D eigenvalue weighted by atomic mass is 16.4. The molecule has 3 N–H and O–H groups in total. The first-order valence-corrected chi connectivity index (χ1v) is 5.88. The maximum atomic E-state index is 11.0. The Morgan fingerprint density at radius 3 is 3.06 bits per heavy atom. The summed E-state index contributed by atoms with van der Waals surface area (Å²) in [7, 11) is 1.92. The van der Waals surface area contributed by atoms with Gasteiger partial charge in [-0.3, -0.25) is 0 Å². The fourth-order valence-corrected chi connectivity index (χ4v) is 1.87. The van der Waals surface area contributed by atoms with E-state index < -0.39 is 5.97 Å². The van der Waals surface area contributed by atoms with Crippen molar-refractivity contribution in [2.75, 3.05) is 13.6 Å². The minimum absolute atomic E-state index is 0.315. The van der Waals surface area contributed by atoms with E-state index in [0.29, 0.717) is 5.56 Å². The van der Waals surface area contributed by atoms with Crippen LogP contribution in [0.2, 0.25) is 0 Å². The Balaban J connectivity index is 2.28. The minimum atomic E-state index is -0.905. The van der Waals surface area contributed by atoms with E-state index in [1.54, 1.807) is 0 Å². The van der Waals surface area contributed by atoms with Crippen LogP contribution in [0.4, 0.5) is 0 Å². The molecule has 0 aliphatic heterocycles. The van der Waals surface area contributed by atoms with Crippen LogP contribution in [-0.4, -0.2) is 29.7 Å². The summed E-state index contributed by atoms with van der Waals surface area (Å²) in [5.74, 6) is -0.905. The van der Waals surface area contributed by atoms with E-state index in [1.165, 1.54) is 6.20 Å². The molecule has 0 saturated carbocycles. The molecular formula is C14H16N2O2. The summed E-state index contributed by atoms with van der Waals surface area (Å²) in [5, 5.41) is 12.9. The standard InChI is InChI=1S/C14H16N2O2/c1-15-7-3-2-4-10-5-6-13-11(8-10)12(9-16-13)14(17)18/h2,4-6,8-9,15-16H,3,7H2,1H3,(H,17,18). The minimum Gasteiger partial charge on any atom is -0.478 e. The number of hydrogen-bond acceptors (Lipinski definition) is 2. The van der Waals surface area contributed by atoms with Gasteiger partial charge >= 0.3 is 5.97 Å². The summed E-state index contributed by atoms with van der Waals surface area (Å²) >= 11 is 0. The highest BCUT2D eigenvalue weighted by Crippen LogP contribution is 2.20. The van der Waals surface area contributed by atoms with Gasteiger partial charge in [0.15, 0.2) is 0 Å². The second kappa shape index (κ2) is 5.51. The molecule has 94 valence electrons. The van der Waals surface area contributed by atoms with E-state index in [0.717, 1.165) is 29.4 Å². The Bertz CT molecular complexity index is 584. The molecule has 1 aromatic heterocycles. The van der Waals surface area contributed by atoms with Crippen LogP contribution in [0.1, 0.15) is 22.3 Å². The smallest absolute Gasteiger partial charge is 0.337 e. The first kappa shape index (κ1) is 12.4. The van der Waals surface area contributed by atoms with Crippen molar-refractivity contribution in [3.05, 3.63) is 41.6 Å². The van der Waals surface area contributed by atoms with Crippen molar-refractivity contribution in [2.24, 2.45) is 0 Å². The van der Waals surface area contributed by atoms with Gasteiger partial charge in [0.2, 0.25) is 0 Å². The highest BCUT2D eigenvalue weighted by molar-refractivity contribution is 6.03. The molecule has 2 aromatic rings. The van der Waals surface area contributed by atoms with Crippen molar-refractivity contribution < 1.29 is 9.90 Å². The number of carboxylic acid groups (broad SMARTS) is 1. The molecule has 0 aliphatic carbocycles. The van der Waals surface area contributed by atoms with Gasteiger partial charge in [0, 0.05) is 17.1 Å². The molecule has 0 aliphatic rings. The first-order valence-electron chi connectivity index (χ1n) is 5.88. The van der Waals surface area contributed by atoms with Crippen molar-refractivity contribution in [3.63, 3.8) is 0 Å². The molecule has 0 amide bonds. The Kier molecular flexibility index (Phi) is 3.79. The Morgan fingerprint density at radius 2 is 2.33 bits per heavy atom. The SMILES string of the molecule is CNCCC=Cc1ccc2[nH]cc(C(=O)O)c2c1. The quantitative estimate of drug-likeness (QED) is 0.708. The topological polar surface area (TPSA) is 65.1 Å². The zero-order chi connectivity index (χ0) is 13.0. The number of carbonyl (C=O) groups is 1. The third-order valence-corrected chi connectivity index (χ3v) is 2.81. The Labute approximate surface area is 105 Å². The van der Waals surface area contributed by atoms with E-state index >= 15 is 0 Å². The van der Waals surface area contributed by atoms with Crippen molar-refractivity contribution in [1.29, 1.82) is 0 Å². The number of hydrogen-bond donors (Lipinski definition) is 3. The summed E-state index contributed by atoms with van der Waals surface area (Å²) in [6.45, 7) is 0.934. The van der Waals surface area contributed by atoms with Crippen LogP contribution in [-0.2, 0) is 0 Å². The van der Waals surface area contributed by atoms with Gasteiger partial charge in [0.1, 0.15) is 0 Å². The van der Waals surface area contributed by atoms with Gasteiger partial charge in [-0.25, -0.2) is 4.79 Å². The second-order valence-corrected chi connectivity index (χ2v) is 4.11. The van der Waals surface area contributed by atoms with E-state index in [2.05, 4.69) is 16.4 Å². The van der Waals surface area contributed by atoms with E-state index in [1.807, 2.05) is 31.3 Å². The van der Waals surface area contributed by atoms with Gasteiger partial charge in [-0.1, -0.05) is 18.2 Å². The predicted molar refractivity (Wildman–Crippen MR) is 72.8 cm³/mol. The average molecular weight is 244 g/mol. The Hall–Kier alpha value is -2.07. The van der Waals surface area contributed by atoms with Gasteiger partial charge < -0.3 is 15.4 Å². The molecule has 0 fully saturated rings. The van der Waals surface area contributed by atoms with Gasteiger partial charge in [0.05, 0.1) is 5.56 Å². The number of aromatic carboxylic acids is 1. The van der Waals surface area contributed by atoms with Crippen LogP contribution in [0.5, 0.6) is 0 Å². The van der Waals surface area contributed by atoms with E-state index in [9.17, 15) is 4.79 Å². The zero-order valence-electron chi connectivity index (χ0n) is 10.2. The number of rotatable bonds is 5. The lowest BCUT2D eigenvalue weighted by molar-refractivity contribution is 0.0699. The largest absolute Gasteiger partial charge is 0.478 e. The maximum Gasteiger partial charge on any atom is 0.337 e. The van der Waals surface area contributed by atoms with Gasteiger partial charge in [-0.15, -0.1) is 0 Å². The number of benzene rings is 1. The molecule has 4 nitrogen and oxygen atoms in total. The van der Waals surface area contributed by atoms with Crippen LogP contribution in [0, 0.1) is 0 Å². The third-order valence-electron chi connectivity index (χ3n) is 2.81. The predicted octanol–water partition coefficient (Wildman–Crippen LogP) is 2.49. The van der Waals surface area contributed by atoms with Crippen molar-refractivity contribution >= 4 is 22.9 Å². The molecule has 0 spiro atoms. The lowest BCUT2D eigenvalue weighted by Gasteiger charge is -1.97. The van der Waals surface area contributed by atoms with Crippen LogP contribution in [0.25, 0.3) is 17.0 Å². The maximum absolute atomic E-state index is 11.0. The molecule has 0 atom stereocenters. The normalized spacial score (nSPS) is 11.4. The Morgan fingerprint density at radius 1 is 1.50 bits per heavy atom. The average Bonchev–Trinajstić information content (AvgIpc) is 2.77. The summed E-state index contributed by atoms with van der Waals surface area (Å²) in [4.78, 5) is 14.0. The van der Waals surface area contributed by atoms with E-state index in [-0.39, 0.29) is 0 Å².